The minimum Gasteiger partial charge on any atom is -0.476 e. The normalized spacial score (nSPS) is 11.8. The monoisotopic (exact) mass is 783 g/mol. The topological polar surface area (TPSA) is 109 Å². The Morgan fingerprint density at radius 3 is 1.21 bits per heavy atom. The van der Waals surface area contributed by atoms with Crippen molar-refractivity contribution in [1.29, 1.82) is 0 Å². The molecular weight excluding hydrogens is 747 g/mol. The Hall–Kier alpha value is -6.88. The third kappa shape index (κ3) is 7.69. The number of carboxylic acid groups (broad SMARTS) is 1. The summed E-state index contributed by atoms with van der Waals surface area (Å²) in [5, 5.41) is 26.5. The predicted octanol–water partition coefficient (Wildman–Crippen LogP) is 10.4. The molecule has 0 fully saturated rings. The zero-order chi connectivity index (χ0) is 38.9. The van der Waals surface area contributed by atoms with Gasteiger partial charge in [0.2, 0.25) is 5.71 Å². The van der Waals surface area contributed by atoms with Crippen molar-refractivity contribution in [2.45, 2.75) is 17.7 Å². The van der Waals surface area contributed by atoms with Gasteiger partial charge < -0.3 is 20.6 Å². The highest BCUT2D eigenvalue weighted by molar-refractivity contribution is 7.14. The van der Waals surface area contributed by atoms with Crippen molar-refractivity contribution in [3.05, 3.63) is 238 Å². The minimum atomic E-state index is -1.26. The smallest absolute Gasteiger partial charge is 0.360 e. The van der Waals surface area contributed by atoms with Gasteiger partial charge in [-0.1, -0.05) is 187 Å². The van der Waals surface area contributed by atoms with Crippen LogP contribution in [0, 0.1) is 0 Å². The molecule has 0 saturated heterocycles. The first-order valence-corrected chi connectivity index (χ1v) is 20.1. The van der Waals surface area contributed by atoms with E-state index in [0.29, 0.717) is 16.0 Å². The second-order valence-corrected chi connectivity index (χ2v) is 14.9. The van der Waals surface area contributed by atoms with Crippen LogP contribution in [0.4, 0.5) is 10.3 Å². The first-order chi connectivity index (χ1) is 28.1. The summed E-state index contributed by atoms with van der Waals surface area (Å²) in [5.74, 6) is -1.26. The predicted molar refractivity (Wildman–Crippen MR) is 229 cm³/mol. The third-order valence-electron chi connectivity index (χ3n) is 9.70. The maximum Gasteiger partial charge on any atom is 0.360 e. The molecule has 0 aliphatic carbocycles. The molecule has 8 aromatic rings. The molecule has 0 radical (unpaired) electrons. The largest absolute Gasteiger partial charge is 0.476 e. The van der Waals surface area contributed by atoms with E-state index < -0.39 is 17.0 Å². The maximum absolute atomic E-state index is 12.6. The molecule has 280 valence electrons. The molecule has 0 spiro atoms. The third-order valence-corrected chi connectivity index (χ3v) is 11.3. The summed E-state index contributed by atoms with van der Waals surface area (Å²) in [6.45, 7) is -0.0433. The highest BCUT2D eigenvalue weighted by Gasteiger charge is 2.38. The van der Waals surface area contributed by atoms with Crippen molar-refractivity contribution >= 4 is 44.6 Å². The lowest BCUT2D eigenvalue weighted by atomic mass is 9.77. The van der Waals surface area contributed by atoms with Crippen LogP contribution in [0.2, 0.25) is 0 Å². The Balaban J connectivity index is 1.06. The minimum absolute atomic E-state index is 0.0433. The maximum atomic E-state index is 12.6. The SMILES string of the molecule is O=C(O)/C(=N/OCc1csc(NC(c2ccccc2)(c2ccccc2)c2ccccc2)n1)c1csc(NC(c2ccccc2)(c2ccccc2)c2ccccc2)n1. The molecule has 0 aliphatic rings. The van der Waals surface area contributed by atoms with Crippen LogP contribution in [0.5, 0.6) is 0 Å². The van der Waals surface area contributed by atoms with E-state index in [1.165, 1.54) is 22.7 Å². The summed E-state index contributed by atoms with van der Waals surface area (Å²) in [5.41, 5.74) is 5.05. The van der Waals surface area contributed by atoms with E-state index in [-0.39, 0.29) is 18.0 Å². The molecule has 2 aromatic heterocycles. The molecule has 8 nitrogen and oxygen atoms in total. The van der Waals surface area contributed by atoms with E-state index in [1.807, 2.05) is 115 Å². The Kier molecular flexibility index (Phi) is 11.0. The van der Waals surface area contributed by atoms with Crippen LogP contribution in [0.15, 0.2) is 198 Å². The summed E-state index contributed by atoms with van der Waals surface area (Å²) in [4.78, 5) is 27.9. The van der Waals surface area contributed by atoms with Gasteiger partial charge in [0.05, 0.1) is 5.69 Å². The summed E-state index contributed by atoms with van der Waals surface area (Å²) in [6.07, 6.45) is 0. The summed E-state index contributed by atoms with van der Waals surface area (Å²) < 4.78 is 0. The van der Waals surface area contributed by atoms with Gasteiger partial charge >= 0.3 is 5.97 Å². The highest BCUT2D eigenvalue weighted by atomic mass is 32.1. The van der Waals surface area contributed by atoms with Crippen LogP contribution in [0.3, 0.4) is 0 Å². The van der Waals surface area contributed by atoms with Gasteiger partial charge in [0, 0.05) is 10.8 Å². The Labute approximate surface area is 338 Å². The zero-order valence-electron chi connectivity index (χ0n) is 30.6. The molecular formula is C47H37N5O3S2. The van der Waals surface area contributed by atoms with E-state index in [9.17, 15) is 9.90 Å². The first-order valence-electron chi connectivity index (χ1n) is 18.3. The summed E-state index contributed by atoms with van der Waals surface area (Å²) in [6, 6.07) is 61.3. The Morgan fingerprint density at radius 2 is 0.860 bits per heavy atom. The average Bonchev–Trinajstić information content (AvgIpc) is 3.94. The summed E-state index contributed by atoms with van der Waals surface area (Å²) in [7, 11) is 0. The lowest BCUT2D eigenvalue weighted by molar-refractivity contribution is -0.129. The molecule has 0 saturated carbocycles. The fourth-order valence-corrected chi connectivity index (χ4v) is 8.61. The van der Waals surface area contributed by atoms with Crippen molar-refractivity contribution < 1.29 is 14.7 Å². The van der Waals surface area contributed by atoms with Crippen molar-refractivity contribution in [2.75, 3.05) is 10.6 Å². The van der Waals surface area contributed by atoms with Crippen LogP contribution in [0.25, 0.3) is 0 Å². The number of anilines is 2. The molecule has 3 N–H and O–H groups in total. The number of thiazole rings is 2. The highest BCUT2D eigenvalue weighted by Crippen LogP contribution is 2.42. The van der Waals surface area contributed by atoms with Crippen LogP contribution < -0.4 is 10.6 Å². The number of oxime groups is 1. The van der Waals surface area contributed by atoms with Crippen molar-refractivity contribution in [3.63, 3.8) is 0 Å². The van der Waals surface area contributed by atoms with E-state index in [2.05, 4.69) is 88.6 Å². The molecule has 0 bridgehead atoms. The number of benzene rings is 6. The molecule has 2 heterocycles. The average molecular weight is 784 g/mol. The van der Waals surface area contributed by atoms with E-state index in [4.69, 9.17) is 14.8 Å². The van der Waals surface area contributed by atoms with Gasteiger partial charge in [-0.3, -0.25) is 0 Å². The molecule has 0 unspecified atom stereocenters. The van der Waals surface area contributed by atoms with Gasteiger partial charge in [0.25, 0.3) is 0 Å². The lowest BCUT2D eigenvalue weighted by Gasteiger charge is -2.36. The van der Waals surface area contributed by atoms with E-state index in [0.717, 1.165) is 33.4 Å². The van der Waals surface area contributed by atoms with E-state index >= 15 is 0 Å². The number of aliphatic carboxylic acids is 1. The molecule has 57 heavy (non-hydrogen) atoms. The number of carbonyl (C=O) groups is 1. The van der Waals surface area contributed by atoms with Crippen molar-refractivity contribution in [3.8, 4) is 0 Å². The Bertz CT molecular complexity index is 2360. The fourth-order valence-electron chi connectivity index (χ4n) is 7.11. The number of hydrogen-bond donors (Lipinski definition) is 3. The standard InChI is InChI=1S/C47H37N5O3S2/c53-43(54)42(41-33-57-45(49-41)51-47(37-25-13-4-14-26-37,38-27-15-5-16-28-38)39-29-17-6-18-30-39)52-55-31-40-32-56-44(48-40)50-46(34-19-7-1-8-20-34,35-21-9-2-10-22-35)36-23-11-3-12-24-36/h1-30,32-33H,31H2,(H,48,50)(H,49,51)(H,53,54)/b52-42+. The molecule has 8 rings (SSSR count). The van der Waals surface area contributed by atoms with Crippen molar-refractivity contribution in [2.24, 2.45) is 5.16 Å². The fraction of sp³-hybridized carbons (Fsp3) is 0.0638. The van der Waals surface area contributed by atoms with Gasteiger partial charge in [-0.05, 0) is 33.4 Å². The number of aromatic nitrogens is 2. The number of nitrogens with zero attached hydrogens (tertiary/aromatic N) is 3. The van der Waals surface area contributed by atoms with Gasteiger partial charge in [0.15, 0.2) is 16.9 Å². The molecule has 10 heteroatoms. The number of nitrogens with one attached hydrogen (secondary N) is 2. The van der Waals surface area contributed by atoms with Crippen LogP contribution >= 0.6 is 22.7 Å². The number of hydrogen-bond acceptors (Lipinski definition) is 9. The quantitative estimate of drug-likeness (QED) is 0.0540. The Morgan fingerprint density at radius 1 is 0.526 bits per heavy atom. The molecule has 6 aromatic carbocycles. The van der Waals surface area contributed by atoms with Gasteiger partial charge in [-0.25, -0.2) is 14.8 Å². The van der Waals surface area contributed by atoms with Crippen LogP contribution in [0.1, 0.15) is 44.8 Å². The van der Waals surface area contributed by atoms with Gasteiger partial charge in [-0.2, -0.15) is 0 Å². The zero-order valence-corrected chi connectivity index (χ0v) is 32.2. The van der Waals surface area contributed by atoms with Gasteiger partial charge in [-0.15, -0.1) is 22.7 Å². The first kappa shape index (κ1) is 37.1. The summed E-state index contributed by atoms with van der Waals surface area (Å²) >= 11 is 2.74. The van der Waals surface area contributed by atoms with Crippen LogP contribution in [-0.2, 0) is 27.3 Å². The van der Waals surface area contributed by atoms with E-state index in [1.54, 1.807) is 5.38 Å². The molecule has 0 atom stereocenters. The van der Waals surface area contributed by atoms with Crippen LogP contribution in [-0.4, -0.2) is 26.8 Å². The molecule has 0 amide bonds. The van der Waals surface area contributed by atoms with Gasteiger partial charge in [0.1, 0.15) is 16.8 Å². The number of carboxylic acids is 1. The van der Waals surface area contributed by atoms with Crippen molar-refractivity contribution in [1.82, 2.24) is 9.97 Å². The number of rotatable bonds is 15. The second-order valence-electron chi connectivity index (χ2n) is 13.1. The lowest BCUT2D eigenvalue weighted by Crippen LogP contribution is -2.38. The molecule has 0 aliphatic heterocycles. The second kappa shape index (κ2) is 16.9.